The molecule has 156 valence electrons. The van der Waals surface area contributed by atoms with Gasteiger partial charge in [-0.1, -0.05) is 35.9 Å². The van der Waals surface area contributed by atoms with Gasteiger partial charge in [-0.25, -0.2) is 13.9 Å². The summed E-state index contributed by atoms with van der Waals surface area (Å²) in [5.41, 5.74) is 2.92. The topological polar surface area (TPSA) is 73.2 Å². The van der Waals surface area contributed by atoms with Crippen LogP contribution in [0.4, 0.5) is 4.39 Å². The number of hydrogen-bond donors (Lipinski definition) is 1. The number of hydrogen-bond acceptors (Lipinski definition) is 4. The van der Waals surface area contributed by atoms with Crippen molar-refractivity contribution < 1.29 is 18.7 Å². The Morgan fingerprint density at radius 3 is 2.50 bits per heavy atom. The molecule has 8 heteroatoms. The zero-order chi connectivity index (χ0) is 21.8. The minimum atomic E-state index is -0.760. The Hall–Kier alpha value is -3.19. The molecule has 0 saturated heterocycles. The number of esters is 1. The molecule has 1 atom stereocenters. The fourth-order valence-corrected chi connectivity index (χ4v) is 3.47. The van der Waals surface area contributed by atoms with Crippen LogP contribution in [0.1, 0.15) is 40.1 Å². The molecule has 0 saturated carbocycles. The van der Waals surface area contributed by atoms with Crippen LogP contribution in [-0.4, -0.2) is 28.3 Å². The molecule has 0 radical (unpaired) electrons. The molecule has 1 aromatic heterocycles. The fourth-order valence-electron chi connectivity index (χ4n) is 3.12. The first kappa shape index (κ1) is 21.5. The van der Waals surface area contributed by atoms with E-state index in [0.29, 0.717) is 11.4 Å². The second kappa shape index (κ2) is 9.09. The third-order valence-corrected chi connectivity index (χ3v) is 5.00. The lowest BCUT2D eigenvalue weighted by atomic mass is 10.0. The molecule has 2 aromatic carbocycles. The zero-order valence-electron chi connectivity index (χ0n) is 16.8. The molecule has 0 aliphatic carbocycles. The fraction of sp³-hybridized carbons (Fsp3) is 0.227. The highest BCUT2D eigenvalue weighted by atomic mass is 35.5. The molecule has 0 spiro atoms. The van der Waals surface area contributed by atoms with Gasteiger partial charge in [0, 0.05) is 0 Å². The van der Waals surface area contributed by atoms with Crippen LogP contribution in [0.15, 0.2) is 48.5 Å². The van der Waals surface area contributed by atoms with Crippen molar-refractivity contribution in [3.63, 3.8) is 0 Å². The van der Waals surface area contributed by atoms with Crippen molar-refractivity contribution in [3.8, 4) is 5.69 Å². The van der Waals surface area contributed by atoms with Crippen molar-refractivity contribution in [1.29, 1.82) is 0 Å². The summed E-state index contributed by atoms with van der Waals surface area (Å²) in [5.74, 6) is -1.59. The molecular weight excluding hydrogens is 409 g/mol. The van der Waals surface area contributed by atoms with Gasteiger partial charge in [0.15, 0.2) is 6.61 Å². The molecular formula is C22H21ClFN3O3. The second-order valence-electron chi connectivity index (χ2n) is 6.86. The molecule has 3 aromatic rings. The molecule has 1 amide bonds. The summed E-state index contributed by atoms with van der Waals surface area (Å²) >= 11 is 6.30. The average Bonchev–Trinajstić information content (AvgIpc) is 3.01. The summed E-state index contributed by atoms with van der Waals surface area (Å²) in [6.45, 7) is 4.97. The number of nitrogens with one attached hydrogen (secondary N) is 1. The minimum Gasteiger partial charge on any atom is -0.452 e. The quantitative estimate of drug-likeness (QED) is 0.592. The highest BCUT2D eigenvalue weighted by molar-refractivity contribution is 6.33. The Labute approximate surface area is 178 Å². The third-order valence-electron chi connectivity index (χ3n) is 4.65. The van der Waals surface area contributed by atoms with Gasteiger partial charge in [-0.2, -0.15) is 5.10 Å². The maximum absolute atomic E-state index is 13.1. The van der Waals surface area contributed by atoms with Gasteiger partial charge >= 0.3 is 5.97 Å². The van der Waals surface area contributed by atoms with Gasteiger partial charge < -0.3 is 10.1 Å². The SMILES string of the molecule is Cc1ccccc1C(C)NC(=O)COC(=O)c1c(C)nn(-c2ccc(F)cc2)c1Cl. The van der Waals surface area contributed by atoms with Crippen LogP contribution in [0.5, 0.6) is 0 Å². The van der Waals surface area contributed by atoms with Crippen molar-refractivity contribution in [2.75, 3.05) is 6.61 Å². The van der Waals surface area contributed by atoms with Crippen molar-refractivity contribution in [3.05, 3.63) is 81.9 Å². The second-order valence-corrected chi connectivity index (χ2v) is 7.22. The van der Waals surface area contributed by atoms with Gasteiger partial charge in [-0.3, -0.25) is 4.79 Å². The normalized spacial score (nSPS) is 11.8. The van der Waals surface area contributed by atoms with E-state index in [0.717, 1.165) is 11.1 Å². The number of amides is 1. The van der Waals surface area contributed by atoms with E-state index in [9.17, 15) is 14.0 Å². The van der Waals surface area contributed by atoms with E-state index >= 15 is 0 Å². The maximum Gasteiger partial charge on any atom is 0.343 e. The molecule has 6 nitrogen and oxygen atoms in total. The standard InChI is InChI=1S/C22H21ClFN3O3/c1-13-6-4-5-7-18(13)14(2)25-19(28)12-30-22(29)20-15(3)26-27(21(20)23)17-10-8-16(24)9-11-17/h4-11,14H,12H2,1-3H3,(H,25,28). The van der Waals surface area contributed by atoms with Crippen LogP contribution in [-0.2, 0) is 9.53 Å². The minimum absolute atomic E-state index is 0.0257. The van der Waals surface area contributed by atoms with E-state index in [1.54, 1.807) is 6.92 Å². The Bertz CT molecular complexity index is 1080. The Morgan fingerprint density at radius 1 is 1.17 bits per heavy atom. The van der Waals surface area contributed by atoms with Crippen molar-refractivity contribution in [1.82, 2.24) is 15.1 Å². The van der Waals surface area contributed by atoms with Gasteiger partial charge in [-0.15, -0.1) is 0 Å². The Balaban J connectivity index is 1.66. The first-order valence-electron chi connectivity index (χ1n) is 9.31. The van der Waals surface area contributed by atoms with Crippen molar-refractivity contribution >= 4 is 23.5 Å². The summed E-state index contributed by atoms with van der Waals surface area (Å²) in [7, 11) is 0. The molecule has 0 bridgehead atoms. The van der Waals surface area contributed by atoms with E-state index in [2.05, 4.69) is 10.4 Å². The van der Waals surface area contributed by atoms with Crippen molar-refractivity contribution in [2.45, 2.75) is 26.8 Å². The van der Waals surface area contributed by atoms with Crippen LogP contribution in [0.3, 0.4) is 0 Å². The van der Waals surface area contributed by atoms with Crippen LogP contribution in [0.25, 0.3) is 5.69 Å². The molecule has 1 N–H and O–H groups in total. The number of carbonyl (C=O) groups excluding carboxylic acids is 2. The number of halogens is 2. The zero-order valence-corrected chi connectivity index (χ0v) is 17.5. The lowest BCUT2D eigenvalue weighted by Gasteiger charge is -2.16. The van der Waals surface area contributed by atoms with Crippen molar-refractivity contribution in [2.24, 2.45) is 0 Å². The molecule has 1 heterocycles. The Kier molecular flexibility index (Phi) is 6.52. The van der Waals surface area contributed by atoms with E-state index in [4.69, 9.17) is 16.3 Å². The average molecular weight is 430 g/mol. The van der Waals surface area contributed by atoms with Crippen LogP contribution >= 0.6 is 11.6 Å². The smallest absolute Gasteiger partial charge is 0.343 e. The van der Waals surface area contributed by atoms with Gasteiger partial charge in [-0.05, 0) is 56.2 Å². The van der Waals surface area contributed by atoms with Crippen LogP contribution in [0.2, 0.25) is 5.15 Å². The summed E-state index contributed by atoms with van der Waals surface area (Å²) in [4.78, 5) is 24.7. The summed E-state index contributed by atoms with van der Waals surface area (Å²) in [5, 5.41) is 7.05. The predicted molar refractivity (Wildman–Crippen MR) is 111 cm³/mol. The molecule has 3 rings (SSSR count). The van der Waals surface area contributed by atoms with E-state index in [-0.39, 0.29) is 16.8 Å². The highest BCUT2D eigenvalue weighted by Crippen LogP contribution is 2.24. The number of rotatable bonds is 6. The first-order chi connectivity index (χ1) is 14.3. The molecule has 0 aliphatic rings. The summed E-state index contributed by atoms with van der Waals surface area (Å²) in [6.07, 6.45) is 0. The summed E-state index contributed by atoms with van der Waals surface area (Å²) in [6, 6.07) is 13.0. The number of nitrogens with zero attached hydrogens (tertiary/aromatic N) is 2. The van der Waals surface area contributed by atoms with Crippen LogP contribution < -0.4 is 5.32 Å². The largest absolute Gasteiger partial charge is 0.452 e. The third kappa shape index (κ3) is 4.68. The predicted octanol–water partition coefficient (Wildman–Crippen LogP) is 4.32. The molecule has 1 unspecified atom stereocenters. The molecule has 0 fully saturated rings. The number of benzene rings is 2. The number of aryl methyl sites for hydroxylation is 2. The monoisotopic (exact) mass is 429 g/mol. The van der Waals surface area contributed by atoms with E-state index < -0.39 is 24.3 Å². The number of carbonyl (C=O) groups is 2. The number of aromatic nitrogens is 2. The van der Waals surface area contributed by atoms with Gasteiger partial charge in [0.25, 0.3) is 5.91 Å². The highest BCUT2D eigenvalue weighted by Gasteiger charge is 2.23. The lowest BCUT2D eigenvalue weighted by Crippen LogP contribution is -2.31. The Morgan fingerprint density at radius 2 is 1.83 bits per heavy atom. The lowest BCUT2D eigenvalue weighted by molar-refractivity contribution is -0.124. The van der Waals surface area contributed by atoms with Gasteiger partial charge in [0.05, 0.1) is 17.4 Å². The molecule has 30 heavy (non-hydrogen) atoms. The van der Waals surface area contributed by atoms with Gasteiger partial charge in [0.2, 0.25) is 0 Å². The molecule has 0 aliphatic heterocycles. The maximum atomic E-state index is 13.1. The van der Waals surface area contributed by atoms with Gasteiger partial charge in [0.1, 0.15) is 16.5 Å². The summed E-state index contributed by atoms with van der Waals surface area (Å²) < 4.78 is 19.6. The first-order valence-corrected chi connectivity index (χ1v) is 9.68. The van der Waals surface area contributed by atoms with E-state index in [1.165, 1.54) is 28.9 Å². The van der Waals surface area contributed by atoms with Crippen LogP contribution in [0, 0.1) is 19.7 Å². The van der Waals surface area contributed by atoms with E-state index in [1.807, 2.05) is 38.1 Å². The number of ether oxygens (including phenoxy) is 1.